The highest BCUT2D eigenvalue weighted by atomic mass is 32.1. The van der Waals surface area contributed by atoms with Gasteiger partial charge in [0.25, 0.3) is 6.71 Å². The molecule has 0 N–H and O–H groups in total. The first-order chi connectivity index (χ1) is 38.0. The van der Waals surface area contributed by atoms with Crippen molar-refractivity contribution in [1.82, 2.24) is 0 Å². The van der Waals surface area contributed by atoms with Crippen LogP contribution in [0.3, 0.4) is 0 Å². The summed E-state index contributed by atoms with van der Waals surface area (Å²) in [6.07, 6.45) is 0. The van der Waals surface area contributed by atoms with Crippen LogP contribution in [0.4, 0.5) is 34.1 Å². The summed E-state index contributed by atoms with van der Waals surface area (Å²) in [5.74, 6) is 0.417. The van der Waals surface area contributed by atoms with Crippen molar-refractivity contribution in [3.63, 3.8) is 0 Å². The van der Waals surface area contributed by atoms with Crippen LogP contribution in [0.15, 0.2) is 200 Å². The molecule has 0 unspecified atom stereocenters. The number of rotatable bonds is 3. The average Bonchev–Trinajstić information content (AvgIpc) is 2.15. The molecule has 2 spiro atoms. The Balaban J connectivity index is 1.04. The molecule has 0 fully saturated rings. The fourth-order valence-electron chi connectivity index (χ4n) is 15.4. The minimum Gasteiger partial charge on any atom is -0.310 e. The quantitative estimate of drug-likeness (QED) is 0.163. The number of hydrogen-bond donors (Lipinski definition) is 0. The van der Waals surface area contributed by atoms with Crippen molar-refractivity contribution in [1.29, 1.82) is 0 Å². The van der Waals surface area contributed by atoms with Crippen LogP contribution in [0.5, 0.6) is 0 Å². The van der Waals surface area contributed by atoms with E-state index in [0.29, 0.717) is 5.92 Å². The number of nitrogens with zero attached hydrogens (tertiary/aromatic N) is 2. The number of thiophene rings is 2. The fourth-order valence-corrected chi connectivity index (χ4v) is 18.8. The fraction of sp³-hybridized carbons (Fsp3) is 0.151. The van der Waals surface area contributed by atoms with E-state index in [-0.39, 0.29) is 12.1 Å². The van der Waals surface area contributed by atoms with Gasteiger partial charge in [0, 0.05) is 53.2 Å². The molecule has 2 nitrogen and oxygen atoms in total. The van der Waals surface area contributed by atoms with Gasteiger partial charge in [0.2, 0.25) is 0 Å². The van der Waals surface area contributed by atoms with Crippen LogP contribution in [0.1, 0.15) is 106 Å². The van der Waals surface area contributed by atoms with Crippen LogP contribution in [0.25, 0.3) is 44.5 Å². The van der Waals surface area contributed by atoms with Crippen LogP contribution >= 0.6 is 22.7 Å². The van der Waals surface area contributed by atoms with Crippen molar-refractivity contribution in [3.05, 3.63) is 266 Å². The lowest BCUT2D eigenvalue weighted by Crippen LogP contribution is -2.59. The molecule has 0 bridgehead atoms. The third-order valence-corrected chi connectivity index (χ3v) is 21.4. The van der Waals surface area contributed by atoms with E-state index in [2.05, 4.69) is 281 Å². The van der Waals surface area contributed by atoms with Gasteiger partial charge < -0.3 is 9.80 Å². The van der Waals surface area contributed by atoms with Gasteiger partial charge in [-0.05, 0) is 150 Å². The van der Waals surface area contributed by atoms with Gasteiger partial charge in [0.15, 0.2) is 0 Å². The summed E-state index contributed by atoms with van der Waals surface area (Å²) in [4.78, 5) is 8.28. The smallest absolute Gasteiger partial charge is 0.277 e. The predicted octanol–water partition coefficient (Wildman–Crippen LogP) is 17.6. The molecule has 11 aromatic rings. The van der Waals surface area contributed by atoms with Crippen LogP contribution in [-0.4, -0.2) is 6.71 Å². The van der Waals surface area contributed by atoms with E-state index >= 15 is 0 Å². The summed E-state index contributed by atoms with van der Waals surface area (Å²) in [5, 5.41) is 0. The molecule has 0 amide bonds. The van der Waals surface area contributed by atoms with Crippen molar-refractivity contribution in [3.8, 4) is 44.5 Å². The number of fused-ring (bicyclic) bond motifs is 26. The van der Waals surface area contributed by atoms with Gasteiger partial charge >= 0.3 is 0 Å². The lowest BCUT2D eigenvalue weighted by Gasteiger charge is -2.43. The van der Waals surface area contributed by atoms with Gasteiger partial charge in [0.05, 0.1) is 22.2 Å². The Bertz CT molecular complexity index is 4360. The van der Waals surface area contributed by atoms with E-state index in [1.54, 1.807) is 0 Å². The van der Waals surface area contributed by atoms with Crippen LogP contribution in [0.2, 0.25) is 0 Å². The third kappa shape index (κ3) is 5.40. The van der Waals surface area contributed by atoms with Crippen LogP contribution < -0.4 is 24.8 Å². The zero-order chi connectivity index (χ0) is 52.3. The van der Waals surface area contributed by atoms with Gasteiger partial charge in [-0.3, -0.25) is 0 Å². The van der Waals surface area contributed by atoms with Crippen LogP contribution in [0, 0.1) is 13.8 Å². The highest BCUT2D eigenvalue weighted by molar-refractivity contribution is 7.37. The summed E-state index contributed by atoms with van der Waals surface area (Å²) < 4.78 is 2.85. The number of hydrogen-bond acceptors (Lipinski definition) is 4. The van der Waals surface area contributed by atoms with Crippen molar-refractivity contribution in [2.24, 2.45) is 0 Å². The molecule has 2 aromatic heterocycles. The summed E-state index contributed by atoms with van der Waals surface area (Å²) in [6.45, 7) is 16.1. The number of benzene rings is 9. The maximum atomic E-state index is 2.71. The monoisotopic (exact) mass is 1030 g/mol. The Hall–Kier alpha value is -7.96. The van der Waals surface area contributed by atoms with Gasteiger partial charge in [-0.2, -0.15) is 0 Å². The van der Waals surface area contributed by atoms with Gasteiger partial charge in [-0.1, -0.05) is 204 Å². The van der Waals surface area contributed by atoms with E-state index in [0.717, 1.165) is 0 Å². The molecular weight excluding hydrogens is 980 g/mol. The molecule has 4 heterocycles. The Labute approximate surface area is 466 Å². The molecule has 9 aromatic carbocycles. The summed E-state index contributed by atoms with van der Waals surface area (Å²) in [7, 11) is 0. The summed E-state index contributed by atoms with van der Waals surface area (Å²) in [6, 6.07) is 78.2. The van der Waals surface area contributed by atoms with Crippen molar-refractivity contribution >= 4 is 78.5 Å². The second-order valence-corrected chi connectivity index (χ2v) is 26.3. The van der Waals surface area contributed by atoms with Gasteiger partial charge in [-0.25, -0.2) is 0 Å². The first-order valence-electron chi connectivity index (χ1n) is 27.9. The molecule has 0 saturated carbocycles. The summed E-state index contributed by atoms with van der Waals surface area (Å²) in [5.41, 5.74) is 32.3. The highest BCUT2D eigenvalue weighted by Crippen LogP contribution is 2.69. The normalized spacial score (nSPS) is 15.4. The average molecular weight is 1040 g/mol. The standard InChI is InChI=1S/C73H55BN2S2/c1-41(2)44-29-33-46(34-30-44)75-60-39-43(4)40-61-64(60)74(69-65(75)62-52-22-12-17-27-58(52)72(67(62)77-69)54-23-13-8-18-48(54)49-19-9-14-24-55(49)72)70-66(76(61)47-35-31-45(32-36-47)71(5,6)7)63-53-37-28-42(3)38-59(53)73(68(63)78-70)56-25-15-10-20-50(56)51-21-11-16-26-57(51)73/h8-41H,1-7H3. The van der Waals surface area contributed by atoms with Gasteiger partial charge in [0.1, 0.15) is 0 Å². The zero-order valence-electron chi connectivity index (χ0n) is 44.9. The predicted molar refractivity (Wildman–Crippen MR) is 331 cm³/mol. The topological polar surface area (TPSA) is 6.48 Å². The lowest BCUT2D eigenvalue weighted by molar-refractivity contribution is 0.590. The third-order valence-electron chi connectivity index (χ3n) is 18.7. The molecular formula is C73H55BN2S2. The molecule has 78 heavy (non-hydrogen) atoms. The molecule has 17 rings (SSSR count). The molecule has 0 saturated heterocycles. The molecule has 372 valence electrons. The highest BCUT2D eigenvalue weighted by Gasteiger charge is 2.60. The number of anilines is 6. The van der Waals surface area contributed by atoms with E-state index < -0.39 is 10.8 Å². The van der Waals surface area contributed by atoms with E-state index in [4.69, 9.17) is 0 Å². The second kappa shape index (κ2) is 15.4. The Kier molecular flexibility index (Phi) is 8.91. The van der Waals surface area contributed by atoms with Crippen molar-refractivity contribution < 1.29 is 0 Å². The molecule has 2 aliphatic heterocycles. The first-order valence-corrected chi connectivity index (χ1v) is 29.5. The van der Waals surface area contributed by atoms with Crippen molar-refractivity contribution in [2.75, 3.05) is 9.80 Å². The van der Waals surface area contributed by atoms with E-state index in [1.165, 1.54) is 159 Å². The molecule has 4 aliphatic carbocycles. The molecule has 0 atom stereocenters. The SMILES string of the molecule is Cc1cc2c3c(c1)N(c1ccc(C(C)(C)C)cc1)c1c(sc4c1-c1ccc(C)cc1C41c4ccccc4-c4ccccc41)B3c1sc3c(c1N2c1ccc(C(C)C)cc1)-c1ccccc1C31c2ccccc2-c2ccccc21. The Morgan fingerprint density at radius 3 is 1.27 bits per heavy atom. The first kappa shape index (κ1) is 45.1. The van der Waals surface area contributed by atoms with Gasteiger partial charge in [-0.15, -0.1) is 22.7 Å². The minimum absolute atomic E-state index is 0.00711. The van der Waals surface area contributed by atoms with E-state index in [9.17, 15) is 0 Å². The molecule has 0 radical (unpaired) electrons. The Morgan fingerprint density at radius 2 is 0.821 bits per heavy atom. The lowest BCUT2D eigenvalue weighted by atomic mass is 9.39. The van der Waals surface area contributed by atoms with E-state index in [1.807, 2.05) is 0 Å². The largest absolute Gasteiger partial charge is 0.310 e. The molecule has 6 aliphatic rings. The van der Waals surface area contributed by atoms with Crippen LogP contribution in [-0.2, 0) is 16.2 Å². The maximum Gasteiger partial charge on any atom is 0.277 e. The minimum atomic E-state index is -0.488. The van der Waals surface area contributed by atoms with Crippen molar-refractivity contribution in [2.45, 2.75) is 70.6 Å². The maximum absolute atomic E-state index is 2.71. The molecule has 5 heteroatoms. The second-order valence-electron chi connectivity index (χ2n) is 24.2. The summed E-state index contributed by atoms with van der Waals surface area (Å²) >= 11 is 4.19. The number of aryl methyl sites for hydroxylation is 2. The zero-order valence-corrected chi connectivity index (χ0v) is 46.6. The Morgan fingerprint density at radius 1 is 0.423 bits per heavy atom.